The molecule has 9 nitrogen and oxygen atoms in total. The van der Waals surface area contributed by atoms with Crippen molar-refractivity contribution in [2.24, 2.45) is 0 Å². The summed E-state index contributed by atoms with van der Waals surface area (Å²) in [6.07, 6.45) is 1.41. The molecule has 4 heterocycles. The number of likely N-dealkylation sites (tertiary alicyclic amines) is 1. The number of ether oxygens (including phenoxy) is 8. The lowest BCUT2D eigenvalue weighted by atomic mass is 9.97. The predicted molar refractivity (Wildman–Crippen MR) is 207 cm³/mol. The molecule has 4 saturated heterocycles. The molecule has 9 atom stereocenters. The van der Waals surface area contributed by atoms with E-state index in [4.69, 9.17) is 37.9 Å². The van der Waals surface area contributed by atoms with Crippen LogP contribution in [0.2, 0.25) is 0 Å². The fraction of sp³-hybridized carbons (Fsp3) is 0.435. The van der Waals surface area contributed by atoms with E-state index in [1.807, 2.05) is 88.4 Å². The molecule has 0 aromatic heterocycles. The number of hydrogen-bond acceptors (Lipinski definition) is 9. The average Bonchev–Trinajstić information content (AvgIpc) is 3.79. The molecule has 9 heteroatoms. The highest BCUT2D eigenvalue weighted by molar-refractivity contribution is 5.21. The standard InChI is InChI=1S/C46H53NO8/c1-45(2)52-41-38(51-44-43(42(41)53-45)54-46(3,4)55-44)26-25-36-39(49-29-34-21-13-7-14-22-34)40(50-30-35-23-15-8-16-24-35)37(31-48-28-33-19-11-6-12-20-33)47(36)27-32-17-9-5-10-18-32/h5-26,36-44H,27-31H2,1-4H3/b26-25+/t36-,37+,38-,39-,40-,41+,42+,43-,44-/m1/s1. The molecule has 4 aromatic rings. The number of nitrogens with zero attached hydrogens (tertiary/aromatic N) is 1. The van der Waals surface area contributed by atoms with Crippen molar-refractivity contribution < 1.29 is 37.9 Å². The highest BCUT2D eigenvalue weighted by Crippen LogP contribution is 2.45. The molecule has 4 aliphatic heterocycles. The topological polar surface area (TPSA) is 77.1 Å². The van der Waals surface area contributed by atoms with Gasteiger partial charge in [-0.2, -0.15) is 0 Å². The summed E-state index contributed by atoms with van der Waals surface area (Å²) >= 11 is 0. The normalized spacial score (nSPS) is 31.1. The fourth-order valence-corrected chi connectivity index (χ4v) is 8.26. The molecule has 290 valence electrons. The third-order valence-corrected chi connectivity index (χ3v) is 10.7. The first-order chi connectivity index (χ1) is 26.7. The van der Waals surface area contributed by atoms with Gasteiger partial charge in [-0.25, -0.2) is 0 Å². The number of rotatable bonds is 14. The summed E-state index contributed by atoms with van der Waals surface area (Å²) in [5.74, 6) is -1.61. The zero-order valence-electron chi connectivity index (χ0n) is 32.1. The quantitative estimate of drug-likeness (QED) is 0.121. The summed E-state index contributed by atoms with van der Waals surface area (Å²) in [6.45, 7) is 10.1. The third kappa shape index (κ3) is 9.13. The number of hydrogen-bond donors (Lipinski definition) is 0. The minimum atomic E-state index is -0.806. The lowest BCUT2D eigenvalue weighted by Crippen LogP contribution is -2.54. The average molecular weight is 748 g/mol. The van der Waals surface area contributed by atoms with Crippen LogP contribution in [0.4, 0.5) is 0 Å². The second kappa shape index (κ2) is 16.8. The molecule has 55 heavy (non-hydrogen) atoms. The van der Waals surface area contributed by atoms with E-state index in [1.165, 1.54) is 5.56 Å². The van der Waals surface area contributed by atoms with Crippen molar-refractivity contribution in [3.8, 4) is 0 Å². The Bertz CT molecular complexity index is 1820. The molecule has 0 aliphatic carbocycles. The number of fused-ring (bicyclic) bond motifs is 3. The van der Waals surface area contributed by atoms with E-state index < -0.39 is 36.2 Å². The Balaban J connectivity index is 1.15. The van der Waals surface area contributed by atoms with Gasteiger partial charge in [0.2, 0.25) is 0 Å². The Labute approximate surface area is 325 Å². The Morgan fingerprint density at radius 1 is 0.545 bits per heavy atom. The molecular formula is C46H53NO8. The van der Waals surface area contributed by atoms with E-state index in [0.717, 1.165) is 16.7 Å². The van der Waals surface area contributed by atoms with Crippen LogP contribution in [-0.4, -0.2) is 78.1 Å². The monoisotopic (exact) mass is 747 g/mol. The summed E-state index contributed by atoms with van der Waals surface area (Å²) in [5.41, 5.74) is 4.50. The number of benzene rings is 4. The second-order valence-corrected chi connectivity index (χ2v) is 15.8. The Morgan fingerprint density at radius 3 is 1.64 bits per heavy atom. The zero-order chi connectivity index (χ0) is 37.8. The van der Waals surface area contributed by atoms with Crippen molar-refractivity contribution in [1.29, 1.82) is 0 Å². The Morgan fingerprint density at radius 2 is 1.04 bits per heavy atom. The molecule has 4 fully saturated rings. The van der Waals surface area contributed by atoms with Crippen LogP contribution < -0.4 is 0 Å². The van der Waals surface area contributed by atoms with E-state index in [2.05, 4.69) is 77.7 Å². The van der Waals surface area contributed by atoms with Crippen LogP contribution in [0.3, 0.4) is 0 Å². The molecule has 4 aromatic carbocycles. The summed E-state index contributed by atoms with van der Waals surface area (Å²) in [7, 11) is 0. The summed E-state index contributed by atoms with van der Waals surface area (Å²) in [6, 6.07) is 41.1. The molecule has 0 radical (unpaired) electrons. The highest BCUT2D eigenvalue weighted by Gasteiger charge is 2.60. The zero-order valence-corrected chi connectivity index (χ0v) is 32.1. The maximum Gasteiger partial charge on any atom is 0.190 e. The molecule has 0 N–H and O–H groups in total. The van der Waals surface area contributed by atoms with E-state index in [-0.39, 0.29) is 30.4 Å². The van der Waals surface area contributed by atoms with Gasteiger partial charge in [0.1, 0.15) is 36.6 Å². The molecular weight excluding hydrogens is 695 g/mol. The third-order valence-electron chi connectivity index (χ3n) is 10.7. The van der Waals surface area contributed by atoms with Gasteiger partial charge in [-0.05, 0) is 49.9 Å². The molecule has 0 spiro atoms. The van der Waals surface area contributed by atoms with Gasteiger partial charge >= 0.3 is 0 Å². The van der Waals surface area contributed by atoms with Crippen LogP contribution in [0, 0.1) is 0 Å². The summed E-state index contributed by atoms with van der Waals surface area (Å²) in [4.78, 5) is 2.47. The smallest absolute Gasteiger partial charge is 0.190 e. The van der Waals surface area contributed by atoms with Gasteiger partial charge in [-0.3, -0.25) is 4.90 Å². The Kier molecular flexibility index (Phi) is 11.6. The molecule has 0 unspecified atom stereocenters. The minimum absolute atomic E-state index is 0.148. The predicted octanol–water partition coefficient (Wildman–Crippen LogP) is 7.58. The van der Waals surface area contributed by atoms with Gasteiger partial charge in [0.15, 0.2) is 17.9 Å². The van der Waals surface area contributed by atoms with Crippen LogP contribution in [0.1, 0.15) is 49.9 Å². The molecule has 4 aliphatic rings. The lowest BCUT2D eigenvalue weighted by Gasteiger charge is -2.36. The minimum Gasteiger partial charge on any atom is -0.375 e. The Hall–Kier alpha value is -3.74. The van der Waals surface area contributed by atoms with Gasteiger partial charge in [0.05, 0.1) is 38.5 Å². The molecule has 8 rings (SSSR count). The van der Waals surface area contributed by atoms with Crippen molar-refractivity contribution in [3.63, 3.8) is 0 Å². The van der Waals surface area contributed by atoms with Crippen molar-refractivity contribution in [2.45, 2.75) is 121 Å². The van der Waals surface area contributed by atoms with Crippen LogP contribution in [0.15, 0.2) is 133 Å². The maximum atomic E-state index is 7.01. The van der Waals surface area contributed by atoms with Gasteiger partial charge in [0.25, 0.3) is 0 Å². The van der Waals surface area contributed by atoms with Gasteiger partial charge < -0.3 is 37.9 Å². The summed E-state index contributed by atoms with van der Waals surface area (Å²) < 4.78 is 52.7. The van der Waals surface area contributed by atoms with Crippen molar-refractivity contribution in [3.05, 3.63) is 156 Å². The van der Waals surface area contributed by atoms with Crippen molar-refractivity contribution in [1.82, 2.24) is 4.90 Å². The first-order valence-electron chi connectivity index (χ1n) is 19.5. The van der Waals surface area contributed by atoms with Crippen molar-refractivity contribution in [2.75, 3.05) is 6.61 Å². The maximum absolute atomic E-state index is 7.01. The van der Waals surface area contributed by atoms with Crippen LogP contribution in [0.25, 0.3) is 0 Å². The van der Waals surface area contributed by atoms with Crippen LogP contribution in [0.5, 0.6) is 0 Å². The van der Waals surface area contributed by atoms with Crippen molar-refractivity contribution >= 4 is 0 Å². The van der Waals surface area contributed by atoms with E-state index in [1.54, 1.807) is 0 Å². The van der Waals surface area contributed by atoms with Gasteiger partial charge in [0, 0.05) is 6.54 Å². The van der Waals surface area contributed by atoms with E-state index >= 15 is 0 Å². The van der Waals surface area contributed by atoms with Gasteiger partial charge in [-0.1, -0.05) is 133 Å². The first kappa shape index (κ1) is 38.1. The lowest BCUT2D eigenvalue weighted by molar-refractivity contribution is -0.222. The second-order valence-electron chi connectivity index (χ2n) is 15.8. The van der Waals surface area contributed by atoms with E-state index in [9.17, 15) is 0 Å². The highest BCUT2D eigenvalue weighted by atomic mass is 16.9. The summed E-state index contributed by atoms with van der Waals surface area (Å²) in [5, 5.41) is 0. The SMILES string of the molecule is CC1(C)O[C@H]2[C@@H](O1)[C@@H](/C=C/[C@@H]1[C@@H](OCc3ccccc3)[C@H](OCc3ccccc3)[C@H](COCc3ccccc3)N1Cc1ccccc1)O[C@@H]1OC(C)(C)O[C@@H]12. The fourth-order valence-electron chi connectivity index (χ4n) is 8.26. The van der Waals surface area contributed by atoms with E-state index in [0.29, 0.717) is 33.0 Å². The van der Waals surface area contributed by atoms with Crippen LogP contribution >= 0.6 is 0 Å². The largest absolute Gasteiger partial charge is 0.375 e. The molecule has 0 amide bonds. The first-order valence-corrected chi connectivity index (χ1v) is 19.5. The van der Waals surface area contributed by atoms with Gasteiger partial charge in [-0.15, -0.1) is 0 Å². The van der Waals surface area contributed by atoms with Crippen LogP contribution in [-0.2, 0) is 64.3 Å². The molecule has 0 saturated carbocycles. The molecule has 0 bridgehead atoms.